The van der Waals surface area contributed by atoms with E-state index in [-0.39, 0.29) is 10.9 Å². The molecule has 0 atom stereocenters. The summed E-state index contributed by atoms with van der Waals surface area (Å²) in [5.74, 6) is -0.826. The van der Waals surface area contributed by atoms with Crippen LogP contribution in [-0.2, 0) is 0 Å². The molecule has 21 heavy (non-hydrogen) atoms. The van der Waals surface area contributed by atoms with Crippen LogP contribution >= 0.6 is 34.5 Å². The minimum atomic E-state index is -0.460. The van der Waals surface area contributed by atoms with Crippen LogP contribution in [0.15, 0.2) is 42.5 Å². The number of fused-ring (bicyclic) bond motifs is 1. The van der Waals surface area contributed by atoms with Crippen molar-refractivity contribution in [3.05, 3.63) is 63.2 Å². The van der Waals surface area contributed by atoms with Crippen molar-refractivity contribution in [2.24, 2.45) is 0 Å². The maximum Gasteiger partial charge on any atom is 0.267 e. The van der Waals surface area contributed by atoms with E-state index in [1.807, 2.05) is 24.3 Å². The van der Waals surface area contributed by atoms with Gasteiger partial charge in [0.25, 0.3) is 5.91 Å². The zero-order valence-corrected chi connectivity index (χ0v) is 12.8. The number of carbonyl (C=O) groups excluding carboxylic acids is 1. The first-order valence-corrected chi connectivity index (χ1v) is 7.57. The molecule has 1 heterocycles. The van der Waals surface area contributed by atoms with Crippen LogP contribution in [0.5, 0.6) is 0 Å². The average molecular weight is 340 g/mol. The molecule has 0 aliphatic heterocycles. The van der Waals surface area contributed by atoms with E-state index in [9.17, 15) is 9.18 Å². The lowest BCUT2D eigenvalue weighted by Gasteiger charge is -2.06. The quantitative estimate of drug-likeness (QED) is 0.646. The minimum absolute atomic E-state index is 0.139. The van der Waals surface area contributed by atoms with E-state index < -0.39 is 5.82 Å². The Morgan fingerprint density at radius 1 is 1.14 bits per heavy atom. The average Bonchev–Trinajstić information content (AvgIpc) is 2.80. The fourth-order valence-corrected chi connectivity index (χ4v) is 3.56. The highest BCUT2D eigenvalue weighted by atomic mass is 35.5. The lowest BCUT2D eigenvalue weighted by molar-refractivity contribution is 0.103. The molecule has 0 bridgehead atoms. The summed E-state index contributed by atoms with van der Waals surface area (Å²) < 4.78 is 13.9. The number of amides is 1. The number of anilines is 1. The molecule has 0 spiro atoms. The second-order valence-electron chi connectivity index (χ2n) is 4.32. The number of benzene rings is 2. The first-order valence-electron chi connectivity index (χ1n) is 5.99. The summed E-state index contributed by atoms with van der Waals surface area (Å²) >= 11 is 13.4. The lowest BCUT2D eigenvalue weighted by Crippen LogP contribution is -2.11. The summed E-state index contributed by atoms with van der Waals surface area (Å²) in [7, 11) is 0. The van der Waals surface area contributed by atoms with Crippen LogP contribution in [0.3, 0.4) is 0 Å². The highest BCUT2D eigenvalue weighted by molar-refractivity contribution is 7.21. The molecule has 0 unspecified atom stereocenters. The van der Waals surface area contributed by atoms with Gasteiger partial charge in [-0.15, -0.1) is 11.3 Å². The third-order valence-electron chi connectivity index (χ3n) is 2.92. The van der Waals surface area contributed by atoms with E-state index in [0.717, 1.165) is 16.2 Å². The molecule has 3 aromatic rings. The summed E-state index contributed by atoms with van der Waals surface area (Å²) in [5.41, 5.74) is 0.344. The predicted molar refractivity (Wildman–Crippen MR) is 86.2 cm³/mol. The molecule has 2 nitrogen and oxygen atoms in total. The van der Waals surface area contributed by atoms with Crippen LogP contribution < -0.4 is 5.32 Å². The Bertz CT molecular complexity index is 847. The molecule has 0 aliphatic rings. The van der Waals surface area contributed by atoms with Gasteiger partial charge < -0.3 is 5.32 Å². The Morgan fingerprint density at radius 3 is 2.62 bits per heavy atom. The second kappa shape index (κ2) is 5.64. The smallest absolute Gasteiger partial charge is 0.267 e. The standard InChI is InChI=1S/C15H8Cl2FNOS/c16-10-7-8(18)5-6-11(10)19-15(20)14-13(17)9-3-1-2-4-12(9)21-14/h1-7H,(H,19,20). The first kappa shape index (κ1) is 14.3. The van der Waals surface area contributed by atoms with E-state index >= 15 is 0 Å². The number of halogens is 3. The van der Waals surface area contributed by atoms with Crippen molar-refractivity contribution in [2.45, 2.75) is 0 Å². The molecule has 2 aromatic carbocycles. The molecule has 3 rings (SSSR count). The van der Waals surface area contributed by atoms with E-state index in [1.165, 1.54) is 23.5 Å². The fourth-order valence-electron chi connectivity index (χ4n) is 1.93. The predicted octanol–water partition coefficient (Wildman–Crippen LogP) is 5.60. The topological polar surface area (TPSA) is 29.1 Å². The maximum atomic E-state index is 13.0. The molecule has 6 heteroatoms. The first-order chi connectivity index (χ1) is 10.1. The van der Waals surface area contributed by atoms with Gasteiger partial charge in [0.05, 0.1) is 15.7 Å². The van der Waals surface area contributed by atoms with Crippen molar-refractivity contribution < 1.29 is 9.18 Å². The van der Waals surface area contributed by atoms with E-state index in [2.05, 4.69) is 5.32 Å². The SMILES string of the molecule is O=C(Nc1ccc(F)cc1Cl)c1sc2ccccc2c1Cl. The number of carbonyl (C=O) groups is 1. The summed E-state index contributed by atoms with van der Waals surface area (Å²) in [6.07, 6.45) is 0. The fraction of sp³-hybridized carbons (Fsp3) is 0. The number of rotatable bonds is 2. The zero-order chi connectivity index (χ0) is 15.0. The van der Waals surface area contributed by atoms with Crippen LogP contribution in [-0.4, -0.2) is 5.91 Å². The van der Waals surface area contributed by atoms with Gasteiger partial charge in [-0.25, -0.2) is 4.39 Å². The van der Waals surface area contributed by atoms with Gasteiger partial charge in [-0.1, -0.05) is 41.4 Å². The number of nitrogens with one attached hydrogen (secondary N) is 1. The van der Waals surface area contributed by atoms with Crippen molar-refractivity contribution >= 4 is 56.2 Å². The van der Waals surface area contributed by atoms with Crippen LogP contribution in [0, 0.1) is 5.82 Å². The van der Waals surface area contributed by atoms with Gasteiger partial charge in [0, 0.05) is 10.1 Å². The molecule has 0 saturated carbocycles. The zero-order valence-electron chi connectivity index (χ0n) is 10.5. The van der Waals surface area contributed by atoms with E-state index in [1.54, 1.807) is 0 Å². The second-order valence-corrected chi connectivity index (χ2v) is 6.16. The van der Waals surface area contributed by atoms with Crippen molar-refractivity contribution in [3.8, 4) is 0 Å². The summed E-state index contributed by atoms with van der Waals surface area (Å²) in [6.45, 7) is 0. The summed E-state index contributed by atoms with van der Waals surface area (Å²) in [6, 6.07) is 11.3. The molecule has 0 fully saturated rings. The monoisotopic (exact) mass is 339 g/mol. The van der Waals surface area contributed by atoms with Crippen molar-refractivity contribution in [1.82, 2.24) is 0 Å². The molecule has 1 N–H and O–H groups in total. The third kappa shape index (κ3) is 2.75. The van der Waals surface area contributed by atoms with E-state index in [0.29, 0.717) is 15.6 Å². The van der Waals surface area contributed by atoms with Gasteiger partial charge in [0.1, 0.15) is 10.7 Å². The van der Waals surface area contributed by atoms with Crippen LogP contribution in [0.4, 0.5) is 10.1 Å². The van der Waals surface area contributed by atoms with Crippen LogP contribution in [0.2, 0.25) is 10.0 Å². The molecule has 0 aliphatic carbocycles. The molecule has 106 valence electrons. The summed E-state index contributed by atoms with van der Waals surface area (Å²) in [4.78, 5) is 12.7. The van der Waals surface area contributed by atoms with Crippen molar-refractivity contribution in [3.63, 3.8) is 0 Å². The van der Waals surface area contributed by atoms with Crippen LogP contribution in [0.1, 0.15) is 9.67 Å². The van der Waals surface area contributed by atoms with E-state index in [4.69, 9.17) is 23.2 Å². The largest absolute Gasteiger partial charge is 0.320 e. The van der Waals surface area contributed by atoms with Gasteiger partial charge in [-0.05, 0) is 24.3 Å². The Hall–Kier alpha value is -1.62. The van der Waals surface area contributed by atoms with Crippen LogP contribution in [0.25, 0.3) is 10.1 Å². The molecular weight excluding hydrogens is 332 g/mol. The number of hydrogen-bond acceptors (Lipinski definition) is 2. The Morgan fingerprint density at radius 2 is 1.90 bits per heavy atom. The van der Waals surface area contributed by atoms with Gasteiger partial charge >= 0.3 is 0 Å². The third-order valence-corrected chi connectivity index (χ3v) is 4.91. The molecular formula is C15H8Cl2FNOS. The molecule has 0 radical (unpaired) electrons. The molecule has 0 saturated heterocycles. The van der Waals surface area contributed by atoms with Gasteiger partial charge in [-0.2, -0.15) is 0 Å². The number of thiophene rings is 1. The minimum Gasteiger partial charge on any atom is -0.320 e. The molecule has 1 amide bonds. The number of hydrogen-bond donors (Lipinski definition) is 1. The highest BCUT2D eigenvalue weighted by Crippen LogP contribution is 2.36. The summed E-state index contributed by atoms with van der Waals surface area (Å²) in [5, 5.41) is 4.02. The lowest BCUT2D eigenvalue weighted by atomic mass is 10.2. The molecule has 1 aromatic heterocycles. The Labute approximate surface area is 134 Å². The van der Waals surface area contributed by atoms with Gasteiger partial charge in [0.2, 0.25) is 0 Å². The van der Waals surface area contributed by atoms with Crippen molar-refractivity contribution in [2.75, 3.05) is 5.32 Å². The Kier molecular flexibility index (Phi) is 3.85. The van der Waals surface area contributed by atoms with Gasteiger partial charge in [0.15, 0.2) is 0 Å². The van der Waals surface area contributed by atoms with Crippen molar-refractivity contribution in [1.29, 1.82) is 0 Å². The normalized spacial score (nSPS) is 10.8. The maximum absolute atomic E-state index is 13.0. The Balaban J connectivity index is 1.95. The highest BCUT2D eigenvalue weighted by Gasteiger charge is 2.17. The van der Waals surface area contributed by atoms with Gasteiger partial charge in [-0.3, -0.25) is 4.79 Å².